The lowest BCUT2D eigenvalue weighted by atomic mass is 9.78. The fourth-order valence-electron chi connectivity index (χ4n) is 3.14. The van der Waals surface area contributed by atoms with Crippen molar-refractivity contribution in [1.82, 2.24) is 9.97 Å². The Labute approximate surface area is 142 Å². The predicted molar refractivity (Wildman–Crippen MR) is 85.3 cm³/mol. The third-order valence-corrected chi connectivity index (χ3v) is 5.17. The van der Waals surface area contributed by atoms with Gasteiger partial charge in [-0.25, -0.2) is 13.8 Å². The van der Waals surface area contributed by atoms with Crippen molar-refractivity contribution in [2.75, 3.05) is 14.2 Å². The molecule has 3 atom stereocenters. The van der Waals surface area contributed by atoms with Gasteiger partial charge in [-0.05, 0) is 12.3 Å². The molecule has 0 amide bonds. The highest BCUT2D eigenvalue weighted by Gasteiger charge is 2.57. The first-order chi connectivity index (χ1) is 11.4. The van der Waals surface area contributed by atoms with E-state index in [4.69, 9.17) is 21.1 Å². The van der Waals surface area contributed by atoms with Gasteiger partial charge < -0.3 is 9.47 Å². The van der Waals surface area contributed by atoms with Gasteiger partial charge in [0.25, 0.3) is 0 Å². The number of methoxy groups -OCH3 is 2. The summed E-state index contributed by atoms with van der Waals surface area (Å²) in [6.07, 6.45) is -0.0213. The van der Waals surface area contributed by atoms with Gasteiger partial charge >= 0.3 is 6.01 Å². The van der Waals surface area contributed by atoms with E-state index in [1.54, 1.807) is 0 Å². The average Bonchev–Trinajstić information content (AvgIpc) is 3.38. The normalized spacial score (nSPS) is 29.1. The smallest absolute Gasteiger partial charge is 0.319 e. The number of hydrogen-bond acceptors (Lipinski definition) is 6. The zero-order chi connectivity index (χ0) is 17.5. The predicted octanol–water partition coefficient (Wildman–Crippen LogP) is 3.15. The second-order valence-electron chi connectivity index (χ2n) is 6.15. The molecule has 2 aliphatic rings. The lowest BCUT2D eigenvalue weighted by Gasteiger charge is -2.31. The zero-order valence-corrected chi connectivity index (χ0v) is 14.2. The van der Waals surface area contributed by atoms with E-state index in [0.29, 0.717) is 24.1 Å². The van der Waals surface area contributed by atoms with Crippen LogP contribution in [0.5, 0.6) is 11.9 Å². The molecule has 1 fully saturated rings. The van der Waals surface area contributed by atoms with Crippen LogP contribution in [0.1, 0.15) is 25.3 Å². The maximum atomic E-state index is 13.0. The fraction of sp³-hybridized carbons (Fsp3) is 0.600. The minimum absolute atomic E-state index is 0.163. The second kappa shape index (κ2) is 6.23. The van der Waals surface area contributed by atoms with Gasteiger partial charge in [0.15, 0.2) is 0 Å². The van der Waals surface area contributed by atoms with Crippen LogP contribution in [0.2, 0.25) is 0 Å². The van der Waals surface area contributed by atoms with Crippen LogP contribution < -0.4 is 9.47 Å². The van der Waals surface area contributed by atoms with Crippen LogP contribution in [0.3, 0.4) is 0 Å². The molecule has 130 valence electrons. The molecule has 6 nitrogen and oxygen atoms in total. The van der Waals surface area contributed by atoms with E-state index in [-0.39, 0.29) is 23.0 Å². The fourth-order valence-corrected chi connectivity index (χ4v) is 3.38. The maximum absolute atomic E-state index is 13.0. The Morgan fingerprint density at radius 2 is 2.04 bits per heavy atom. The molecule has 1 saturated carbocycles. The molecule has 1 aromatic rings. The summed E-state index contributed by atoms with van der Waals surface area (Å²) >= 11 is 6.22. The summed E-state index contributed by atoms with van der Waals surface area (Å²) in [6.45, 7) is 1.84. The summed E-state index contributed by atoms with van der Waals surface area (Å²) in [5.41, 5.74) is 0.429. The number of halogens is 3. The maximum Gasteiger partial charge on any atom is 0.319 e. The lowest BCUT2D eigenvalue weighted by molar-refractivity contribution is 0.108. The van der Waals surface area contributed by atoms with E-state index in [2.05, 4.69) is 20.2 Å². The number of nitrogens with zero attached hydrogens (tertiary/aromatic N) is 4. The van der Waals surface area contributed by atoms with Crippen LogP contribution >= 0.6 is 11.6 Å². The standard InChI is InChI=1S/C15H17ClF2N4O2/c1-15(9-4-7(9)11(17)18)5-10(21-22-13(15)16)8-6-19-14(24-3)20-12(8)23-2/h6-7,9,11H,4-5H2,1-3H3/t7-,9-,15?/m0/s1. The van der Waals surface area contributed by atoms with E-state index in [9.17, 15) is 8.78 Å². The molecule has 3 rings (SSSR count). The number of ether oxygens (including phenoxy) is 2. The molecule has 0 spiro atoms. The zero-order valence-electron chi connectivity index (χ0n) is 13.5. The van der Waals surface area contributed by atoms with E-state index in [1.165, 1.54) is 20.4 Å². The molecule has 0 radical (unpaired) electrons. The summed E-state index contributed by atoms with van der Waals surface area (Å²) in [5, 5.41) is 8.36. The highest BCUT2D eigenvalue weighted by atomic mass is 35.5. The molecule has 0 N–H and O–H groups in total. The molecule has 0 bridgehead atoms. The largest absolute Gasteiger partial charge is 0.480 e. The first kappa shape index (κ1) is 17.0. The topological polar surface area (TPSA) is 69.0 Å². The van der Waals surface area contributed by atoms with Crippen LogP contribution in [-0.4, -0.2) is 41.5 Å². The molecule has 1 aliphatic heterocycles. The van der Waals surface area contributed by atoms with E-state index in [0.717, 1.165) is 0 Å². The van der Waals surface area contributed by atoms with Gasteiger partial charge in [-0.15, -0.1) is 5.10 Å². The van der Waals surface area contributed by atoms with E-state index < -0.39 is 17.8 Å². The van der Waals surface area contributed by atoms with Gasteiger partial charge in [0.1, 0.15) is 5.17 Å². The van der Waals surface area contributed by atoms with Crippen molar-refractivity contribution in [1.29, 1.82) is 0 Å². The Hall–Kier alpha value is -1.83. The SMILES string of the molecule is COc1ncc(C2=NN=C(Cl)C(C)([C@H]3C[C@@H]3C(F)F)C2)c(OC)n1. The van der Waals surface area contributed by atoms with Gasteiger partial charge in [0.05, 0.1) is 25.5 Å². The Bertz CT molecular complexity index is 713. The monoisotopic (exact) mass is 358 g/mol. The average molecular weight is 359 g/mol. The Balaban J connectivity index is 1.91. The quantitative estimate of drug-likeness (QED) is 0.810. The molecule has 9 heteroatoms. The van der Waals surface area contributed by atoms with Crippen molar-refractivity contribution in [3.63, 3.8) is 0 Å². The van der Waals surface area contributed by atoms with Gasteiger partial charge in [0.2, 0.25) is 12.3 Å². The van der Waals surface area contributed by atoms with Gasteiger partial charge in [0, 0.05) is 24.0 Å². The Morgan fingerprint density at radius 3 is 2.62 bits per heavy atom. The van der Waals surface area contributed by atoms with Gasteiger partial charge in [-0.1, -0.05) is 18.5 Å². The van der Waals surface area contributed by atoms with Crippen molar-refractivity contribution in [2.24, 2.45) is 27.5 Å². The van der Waals surface area contributed by atoms with Crippen molar-refractivity contribution in [2.45, 2.75) is 26.2 Å². The van der Waals surface area contributed by atoms with E-state index >= 15 is 0 Å². The summed E-state index contributed by atoms with van der Waals surface area (Å²) in [7, 11) is 2.92. The molecule has 2 heterocycles. The highest BCUT2D eigenvalue weighted by molar-refractivity contribution is 6.67. The molecular weight excluding hydrogens is 342 g/mol. The van der Waals surface area contributed by atoms with Crippen LogP contribution in [0, 0.1) is 17.3 Å². The molecule has 0 saturated heterocycles. The molecule has 1 unspecified atom stereocenters. The van der Waals surface area contributed by atoms with Crippen LogP contribution in [0.25, 0.3) is 0 Å². The van der Waals surface area contributed by atoms with Gasteiger partial charge in [-0.2, -0.15) is 10.1 Å². The van der Waals surface area contributed by atoms with Gasteiger partial charge in [-0.3, -0.25) is 0 Å². The molecule has 1 aromatic heterocycles. The number of rotatable bonds is 5. The summed E-state index contributed by atoms with van der Waals surface area (Å²) in [6, 6.07) is 0.163. The van der Waals surface area contributed by atoms with Crippen LogP contribution in [-0.2, 0) is 0 Å². The molecule has 24 heavy (non-hydrogen) atoms. The highest BCUT2D eigenvalue weighted by Crippen LogP contribution is 2.57. The minimum atomic E-state index is -2.35. The molecule has 1 aliphatic carbocycles. The van der Waals surface area contributed by atoms with E-state index in [1.807, 2.05) is 6.92 Å². The van der Waals surface area contributed by atoms with Crippen molar-refractivity contribution in [3.05, 3.63) is 11.8 Å². The summed E-state index contributed by atoms with van der Waals surface area (Å²) in [5.74, 6) is -0.575. The van der Waals surface area contributed by atoms with Crippen LogP contribution in [0.4, 0.5) is 8.78 Å². The second-order valence-corrected chi connectivity index (χ2v) is 6.51. The number of alkyl halides is 2. The first-order valence-corrected chi connectivity index (χ1v) is 7.82. The minimum Gasteiger partial charge on any atom is -0.480 e. The Kier molecular flexibility index (Phi) is 4.42. The van der Waals surface area contributed by atoms with Crippen molar-refractivity contribution >= 4 is 22.5 Å². The van der Waals surface area contributed by atoms with Crippen LogP contribution in [0.15, 0.2) is 16.4 Å². The summed E-state index contributed by atoms with van der Waals surface area (Å²) in [4.78, 5) is 8.17. The van der Waals surface area contributed by atoms with Crippen molar-refractivity contribution in [3.8, 4) is 11.9 Å². The van der Waals surface area contributed by atoms with Crippen molar-refractivity contribution < 1.29 is 18.3 Å². The third kappa shape index (κ3) is 2.83. The molecule has 0 aromatic carbocycles. The number of aromatic nitrogens is 2. The first-order valence-electron chi connectivity index (χ1n) is 7.44. The Morgan fingerprint density at radius 1 is 1.29 bits per heavy atom. The molecular formula is C15H17ClF2N4O2. The third-order valence-electron chi connectivity index (χ3n) is 4.66. The number of hydrogen-bond donors (Lipinski definition) is 0. The lowest BCUT2D eigenvalue weighted by Crippen LogP contribution is -2.34. The summed E-state index contributed by atoms with van der Waals surface area (Å²) < 4.78 is 36.2.